The van der Waals surface area contributed by atoms with Crippen LogP contribution in [0.15, 0.2) is 36.4 Å². The van der Waals surface area contributed by atoms with E-state index in [0.29, 0.717) is 32.1 Å². The Balaban J connectivity index is 1.63. The zero-order chi connectivity index (χ0) is 21.3. The minimum Gasteiger partial charge on any atom is -0.493 e. The Morgan fingerprint density at radius 3 is 2.60 bits per heavy atom. The van der Waals surface area contributed by atoms with Gasteiger partial charge in [0.2, 0.25) is 5.91 Å². The van der Waals surface area contributed by atoms with Crippen LogP contribution in [0.1, 0.15) is 37.8 Å². The number of benzene rings is 2. The average Bonchev–Trinajstić information content (AvgIpc) is 2.94. The van der Waals surface area contributed by atoms with Crippen molar-refractivity contribution in [2.45, 2.75) is 45.8 Å². The number of carbonyl (C=O) groups excluding carboxylic acids is 1. The quantitative estimate of drug-likeness (QED) is 0.744. The predicted molar refractivity (Wildman–Crippen MR) is 117 cm³/mol. The zero-order valence-corrected chi connectivity index (χ0v) is 18.4. The molecule has 5 heteroatoms. The normalized spacial score (nSPS) is 20.7. The van der Waals surface area contributed by atoms with Crippen molar-refractivity contribution in [1.29, 1.82) is 0 Å². The minimum atomic E-state index is -0.249. The first-order valence-corrected chi connectivity index (χ1v) is 10.7. The van der Waals surface area contributed by atoms with Crippen LogP contribution in [0.3, 0.4) is 0 Å². The first-order chi connectivity index (χ1) is 14.4. The van der Waals surface area contributed by atoms with Crippen LogP contribution in [0, 0.1) is 12.8 Å². The predicted octanol–water partition coefficient (Wildman–Crippen LogP) is 4.60. The fourth-order valence-corrected chi connectivity index (χ4v) is 4.44. The number of hydrogen-bond donors (Lipinski definition) is 0. The molecule has 0 saturated carbocycles. The monoisotopic (exact) mass is 409 g/mol. The molecule has 0 N–H and O–H groups in total. The Hall–Kier alpha value is -2.53. The zero-order valence-electron chi connectivity index (χ0n) is 18.4. The molecule has 2 aromatic rings. The standard InChI is InChI=1S/C25H31NO4/c1-17-5-7-18(8-6-17)20-13-21-16-26(10-12-29-23(21)22(14-20)28-4)24(27)19-9-11-30-25(2,3)15-19/h5-8,13-14,19H,9-12,15-16H2,1-4H3/t19-/m1/s1. The van der Waals surface area contributed by atoms with Crippen LogP contribution in [0.4, 0.5) is 0 Å². The molecular weight excluding hydrogens is 378 g/mol. The smallest absolute Gasteiger partial charge is 0.226 e. The van der Waals surface area contributed by atoms with Crippen LogP contribution in [-0.2, 0) is 16.1 Å². The van der Waals surface area contributed by atoms with Crippen molar-refractivity contribution in [1.82, 2.24) is 4.90 Å². The van der Waals surface area contributed by atoms with Gasteiger partial charge in [-0.25, -0.2) is 0 Å². The Morgan fingerprint density at radius 1 is 1.13 bits per heavy atom. The number of aryl methyl sites for hydroxylation is 1. The number of fused-ring (bicyclic) bond motifs is 1. The fourth-order valence-electron chi connectivity index (χ4n) is 4.44. The van der Waals surface area contributed by atoms with Gasteiger partial charge < -0.3 is 19.1 Å². The van der Waals surface area contributed by atoms with E-state index in [9.17, 15) is 4.79 Å². The van der Waals surface area contributed by atoms with Gasteiger partial charge in [-0.05, 0) is 56.9 Å². The number of ether oxygens (including phenoxy) is 3. The molecule has 1 amide bonds. The molecule has 1 fully saturated rings. The summed E-state index contributed by atoms with van der Waals surface area (Å²) in [5.74, 6) is 1.65. The first kappa shape index (κ1) is 20.7. The van der Waals surface area contributed by atoms with Gasteiger partial charge in [-0.1, -0.05) is 29.8 Å². The van der Waals surface area contributed by atoms with E-state index in [2.05, 4.69) is 51.1 Å². The lowest BCUT2D eigenvalue weighted by Gasteiger charge is -2.36. The van der Waals surface area contributed by atoms with Crippen LogP contribution >= 0.6 is 0 Å². The highest BCUT2D eigenvalue weighted by atomic mass is 16.5. The molecule has 5 nitrogen and oxygen atoms in total. The van der Waals surface area contributed by atoms with Crippen LogP contribution in [0.25, 0.3) is 11.1 Å². The second-order valence-corrected chi connectivity index (χ2v) is 8.94. The third-order valence-electron chi connectivity index (χ3n) is 6.06. The van der Waals surface area contributed by atoms with Crippen LogP contribution < -0.4 is 9.47 Å². The van der Waals surface area contributed by atoms with Crippen molar-refractivity contribution in [3.05, 3.63) is 47.5 Å². The summed E-state index contributed by atoms with van der Waals surface area (Å²) in [5.41, 5.74) is 4.15. The van der Waals surface area contributed by atoms with E-state index < -0.39 is 0 Å². The van der Waals surface area contributed by atoms with Crippen molar-refractivity contribution >= 4 is 5.91 Å². The molecule has 30 heavy (non-hydrogen) atoms. The highest BCUT2D eigenvalue weighted by Gasteiger charge is 2.36. The van der Waals surface area contributed by atoms with E-state index in [-0.39, 0.29) is 17.4 Å². The number of nitrogens with zero attached hydrogens (tertiary/aromatic N) is 1. The molecule has 0 aliphatic carbocycles. The van der Waals surface area contributed by atoms with Gasteiger partial charge in [-0.15, -0.1) is 0 Å². The van der Waals surface area contributed by atoms with Gasteiger partial charge in [0.05, 0.1) is 19.3 Å². The minimum absolute atomic E-state index is 0.00234. The van der Waals surface area contributed by atoms with Crippen molar-refractivity contribution in [3.63, 3.8) is 0 Å². The second kappa shape index (κ2) is 8.31. The highest BCUT2D eigenvalue weighted by Crippen LogP contribution is 2.39. The van der Waals surface area contributed by atoms with Gasteiger partial charge in [0.25, 0.3) is 0 Å². The molecule has 2 aliphatic rings. The van der Waals surface area contributed by atoms with Gasteiger partial charge in [0.1, 0.15) is 6.61 Å². The lowest BCUT2D eigenvalue weighted by Crippen LogP contribution is -2.43. The summed E-state index contributed by atoms with van der Waals surface area (Å²) in [7, 11) is 1.66. The molecule has 4 rings (SSSR count). The second-order valence-electron chi connectivity index (χ2n) is 8.94. The topological polar surface area (TPSA) is 48.0 Å². The van der Waals surface area contributed by atoms with E-state index in [1.54, 1.807) is 7.11 Å². The number of hydrogen-bond acceptors (Lipinski definition) is 4. The molecule has 2 heterocycles. The summed E-state index contributed by atoms with van der Waals surface area (Å²) in [6.07, 6.45) is 1.53. The SMILES string of the molecule is COc1cc(-c2ccc(C)cc2)cc2c1OCCN(C(=O)[C@@H]1CCOC(C)(C)C1)C2. The Kier molecular flexibility index (Phi) is 5.74. The highest BCUT2D eigenvalue weighted by molar-refractivity contribution is 5.79. The molecule has 0 aromatic heterocycles. The summed E-state index contributed by atoms with van der Waals surface area (Å²) in [4.78, 5) is 15.3. The number of rotatable bonds is 3. The third-order valence-corrected chi connectivity index (χ3v) is 6.06. The van der Waals surface area contributed by atoms with E-state index in [1.165, 1.54) is 5.56 Å². The molecule has 0 spiro atoms. The van der Waals surface area contributed by atoms with Crippen molar-refractivity contribution in [2.75, 3.05) is 26.9 Å². The summed E-state index contributed by atoms with van der Waals surface area (Å²) in [6.45, 7) is 8.41. The lowest BCUT2D eigenvalue weighted by molar-refractivity contribution is -0.146. The summed E-state index contributed by atoms with van der Waals surface area (Å²) in [5, 5.41) is 0. The van der Waals surface area contributed by atoms with Crippen LogP contribution in [-0.4, -0.2) is 43.3 Å². The molecular formula is C25H31NO4. The molecule has 0 bridgehead atoms. The lowest BCUT2D eigenvalue weighted by atomic mass is 9.87. The van der Waals surface area contributed by atoms with Gasteiger partial charge >= 0.3 is 0 Å². The van der Waals surface area contributed by atoms with Gasteiger partial charge in [0.15, 0.2) is 11.5 Å². The van der Waals surface area contributed by atoms with E-state index in [1.807, 2.05) is 11.0 Å². The Labute approximate surface area is 178 Å². The molecule has 1 atom stereocenters. The molecule has 0 radical (unpaired) electrons. The summed E-state index contributed by atoms with van der Waals surface area (Å²) >= 11 is 0. The fraction of sp³-hybridized carbons (Fsp3) is 0.480. The molecule has 2 aliphatic heterocycles. The first-order valence-electron chi connectivity index (χ1n) is 10.7. The van der Waals surface area contributed by atoms with E-state index in [0.717, 1.165) is 35.3 Å². The number of amides is 1. The van der Waals surface area contributed by atoms with Crippen molar-refractivity contribution in [3.8, 4) is 22.6 Å². The number of methoxy groups -OCH3 is 1. The van der Waals surface area contributed by atoms with Crippen LogP contribution in [0.2, 0.25) is 0 Å². The molecule has 160 valence electrons. The maximum Gasteiger partial charge on any atom is 0.226 e. The summed E-state index contributed by atoms with van der Waals surface area (Å²) < 4.78 is 17.5. The van der Waals surface area contributed by atoms with E-state index >= 15 is 0 Å². The van der Waals surface area contributed by atoms with Crippen molar-refractivity contribution < 1.29 is 19.0 Å². The van der Waals surface area contributed by atoms with Crippen LogP contribution in [0.5, 0.6) is 11.5 Å². The van der Waals surface area contributed by atoms with E-state index in [4.69, 9.17) is 14.2 Å². The van der Waals surface area contributed by atoms with Gasteiger partial charge in [0, 0.05) is 24.6 Å². The molecule has 0 unspecified atom stereocenters. The average molecular weight is 410 g/mol. The number of carbonyl (C=O) groups is 1. The maximum absolute atomic E-state index is 13.3. The molecule has 2 aromatic carbocycles. The molecule has 1 saturated heterocycles. The van der Waals surface area contributed by atoms with Gasteiger partial charge in [-0.3, -0.25) is 4.79 Å². The van der Waals surface area contributed by atoms with Crippen molar-refractivity contribution in [2.24, 2.45) is 5.92 Å². The maximum atomic E-state index is 13.3. The Bertz CT molecular complexity index is 919. The summed E-state index contributed by atoms with van der Waals surface area (Å²) in [6, 6.07) is 12.6. The Morgan fingerprint density at radius 2 is 1.90 bits per heavy atom. The largest absolute Gasteiger partial charge is 0.493 e. The third kappa shape index (κ3) is 4.31. The van der Waals surface area contributed by atoms with Gasteiger partial charge in [-0.2, -0.15) is 0 Å².